The molecule has 0 bridgehead atoms. The summed E-state index contributed by atoms with van der Waals surface area (Å²) in [6.45, 7) is 8.90. The molecule has 2 radical (unpaired) electrons. The van der Waals surface area contributed by atoms with Gasteiger partial charge in [0.15, 0.2) is 0 Å². The Kier molecular flexibility index (Phi) is 9.47. The van der Waals surface area contributed by atoms with Crippen molar-refractivity contribution in [2.75, 3.05) is 0 Å². The van der Waals surface area contributed by atoms with Crippen LogP contribution in [0.2, 0.25) is 6.32 Å². The molecule has 0 amide bonds. The molecule has 0 aliphatic heterocycles. The van der Waals surface area contributed by atoms with Gasteiger partial charge < -0.3 is 0 Å². The Balaban J connectivity index is 4.65. The standard InChI is InChI=1S/C15H27B/c1-5-13(6-2)12-15(8-4)14(7-3)10-9-11-16/h5,12,14H,6-11H2,1-4H3/b13-5-,15-12+. The fourth-order valence-corrected chi connectivity index (χ4v) is 2.15. The maximum Gasteiger partial charge on any atom is 0.0653 e. The van der Waals surface area contributed by atoms with E-state index in [0.717, 1.165) is 25.1 Å². The van der Waals surface area contributed by atoms with E-state index >= 15 is 0 Å². The summed E-state index contributed by atoms with van der Waals surface area (Å²) in [5.41, 5.74) is 3.06. The maximum atomic E-state index is 5.60. The molecule has 0 N–H and O–H groups in total. The molecule has 1 unspecified atom stereocenters. The van der Waals surface area contributed by atoms with Crippen LogP contribution in [-0.4, -0.2) is 7.85 Å². The smallest absolute Gasteiger partial charge is 0.0653 e. The highest BCUT2D eigenvalue weighted by Gasteiger charge is 2.10. The molecule has 0 fully saturated rings. The molecule has 1 atom stereocenters. The Hall–Kier alpha value is -0.455. The third-order valence-corrected chi connectivity index (χ3v) is 3.33. The van der Waals surface area contributed by atoms with Crippen molar-refractivity contribution in [1.82, 2.24) is 0 Å². The molecule has 0 saturated heterocycles. The van der Waals surface area contributed by atoms with Crippen LogP contribution in [0.5, 0.6) is 0 Å². The van der Waals surface area contributed by atoms with Gasteiger partial charge in [-0.25, -0.2) is 0 Å². The van der Waals surface area contributed by atoms with E-state index < -0.39 is 0 Å². The van der Waals surface area contributed by atoms with Crippen LogP contribution < -0.4 is 0 Å². The SMILES string of the molecule is [B]CCCC(CC)/C(=C/C(=C\C)CC)CC. The van der Waals surface area contributed by atoms with Crippen molar-refractivity contribution in [1.29, 1.82) is 0 Å². The van der Waals surface area contributed by atoms with E-state index in [2.05, 4.69) is 39.8 Å². The van der Waals surface area contributed by atoms with Gasteiger partial charge in [-0.3, -0.25) is 0 Å². The zero-order valence-electron chi connectivity index (χ0n) is 11.6. The fraction of sp³-hybridized carbons (Fsp3) is 0.733. The lowest BCUT2D eigenvalue weighted by atomic mass is 9.86. The molecular formula is C15H27B. The summed E-state index contributed by atoms with van der Waals surface area (Å²) in [6.07, 6.45) is 11.4. The predicted molar refractivity (Wildman–Crippen MR) is 76.0 cm³/mol. The molecule has 0 aromatic carbocycles. The minimum absolute atomic E-state index is 0.732. The van der Waals surface area contributed by atoms with E-state index in [1.165, 1.54) is 24.8 Å². The lowest BCUT2D eigenvalue weighted by molar-refractivity contribution is 0.521. The van der Waals surface area contributed by atoms with Crippen LogP contribution in [0.3, 0.4) is 0 Å². The molecular weight excluding hydrogens is 191 g/mol. The summed E-state index contributed by atoms with van der Waals surface area (Å²) >= 11 is 0. The maximum absolute atomic E-state index is 5.60. The summed E-state index contributed by atoms with van der Waals surface area (Å²) in [5.74, 6) is 0.732. The van der Waals surface area contributed by atoms with Crippen LogP contribution >= 0.6 is 0 Å². The lowest BCUT2D eigenvalue weighted by Crippen LogP contribution is -2.03. The molecule has 0 nitrogen and oxygen atoms in total. The second-order valence-corrected chi connectivity index (χ2v) is 4.33. The highest BCUT2D eigenvalue weighted by atomic mass is 14.2. The summed E-state index contributed by atoms with van der Waals surface area (Å²) in [7, 11) is 5.60. The van der Waals surface area contributed by atoms with Gasteiger partial charge in [0.2, 0.25) is 0 Å². The quantitative estimate of drug-likeness (QED) is 0.394. The first kappa shape index (κ1) is 15.5. The summed E-state index contributed by atoms with van der Waals surface area (Å²) in [4.78, 5) is 0. The first-order valence-corrected chi connectivity index (χ1v) is 6.79. The molecule has 0 aliphatic rings. The van der Waals surface area contributed by atoms with Crippen molar-refractivity contribution in [3.05, 3.63) is 23.3 Å². The van der Waals surface area contributed by atoms with Crippen molar-refractivity contribution >= 4 is 7.85 Å². The average molecular weight is 218 g/mol. The first-order valence-electron chi connectivity index (χ1n) is 6.79. The van der Waals surface area contributed by atoms with Crippen molar-refractivity contribution in [3.8, 4) is 0 Å². The van der Waals surface area contributed by atoms with Crippen molar-refractivity contribution < 1.29 is 0 Å². The van der Waals surface area contributed by atoms with Crippen molar-refractivity contribution in [2.24, 2.45) is 5.92 Å². The van der Waals surface area contributed by atoms with Gasteiger partial charge in [0, 0.05) is 0 Å². The van der Waals surface area contributed by atoms with Crippen LogP contribution in [0.25, 0.3) is 0 Å². The Bertz CT molecular complexity index is 226. The summed E-state index contributed by atoms with van der Waals surface area (Å²) in [6, 6.07) is 0. The Labute approximate surface area is 104 Å². The molecule has 16 heavy (non-hydrogen) atoms. The van der Waals surface area contributed by atoms with Crippen molar-refractivity contribution in [2.45, 2.75) is 66.1 Å². The van der Waals surface area contributed by atoms with Crippen LogP contribution in [0.15, 0.2) is 23.3 Å². The molecule has 0 aromatic rings. The van der Waals surface area contributed by atoms with Crippen LogP contribution in [-0.2, 0) is 0 Å². The van der Waals surface area contributed by atoms with Crippen LogP contribution in [0, 0.1) is 5.92 Å². The molecule has 0 spiro atoms. The van der Waals surface area contributed by atoms with E-state index in [1.807, 2.05) is 0 Å². The average Bonchev–Trinajstić information content (AvgIpc) is 2.33. The first-order chi connectivity index (χ1) is 7.73. The van der Waals surface area contributed by atoms with Gasteiger partial charge in [0.1, 0.15) is 0 Å². The third kappa shape index (κ3) is 5.58. The Morgan fingerprint density at radius 1 is 1.19 bits per heavy atom. The summed E-state index contributed by atoms with van der Waals surface area (Å²) < 4.78 is 0. The zero-order valence-corrected chi connectivity index (χ0v) is 11.6. The lowest BCUT2D eigenvalue weighted by Gasteiger charge is -2.18. The molecule has 0 heterocycles. The topological polar surface area (TPSA) is 0 Å². The molecule has 0 rings (SSSR count). The van der Waals surface area contributed by atoms with Gasteiger partial charge in [0.25, 0.3) is 0 Å². The number of hydrogen-bond acceptors (Lipinski definition) is 0. The highest BCUT2D eigenvalue weighted by molar-refractivity contribution is 6.08. The van der Waals surface area contributed by atoms with Crippen LogP contribution in [0.4, 0.5) is 0 Å². The van der Waals surface area contributed by atoms with E-state index in [9.17, 15) is 0 Å². The van der Waals surface area contributed by atoms with E-state index in [-0.39, 0.29) is 0 Å². The molecule has 1 heteroatoms. The molecule has 0 aromatic heterocycles. The predicted octanol–water partition coefficient (Wildman–Crippen LogP) is 5.07. The number of allylic oxidation sites excluding steroid dienone is 4. The molecule has 90 valence electrons. The largest absolute Gasteiger partial charge is 0.0887 e. The zero-order chi connectivity index (χ0) is 12.4. The van der Waals surface area contributed by atoms with Gasteiger partial charge in [-0.1, -0.05) is 56.8 Å². The normalized spacial score (nSPS) is 15.2. The Morgan fingerprint density at radius 2 is 1.88 bits per heavy atom. The monoisotopic (exact) mass is 218 g/mol. The van der Waals surface area contributed by atoms with E-state index in [1.54, 1.807) is 5.57 Å². The van der Waals surface area contributed by atoms with Gasteiger partial charge in [-0.2, -0.15) is 0 Å². The number of rotatable bonds is 8. The number of hydrogen-bond donors (Lipinski definition) is 0. The van der Waals surface area contributed by atoms with Gasteiger partial charge in [-0.05, 0) is 38.5 Å². The minimum atomic E-state index is 0.732. The minimum Gasteiger partial charge on any atom is -0.0887 e. The van der Waals surface area contributed by atoms with Gasteiger partial charge in [-0.15, -0.1) is 0 Å². The Morgan fingerprint density at radius 3 is 2.25 bits per heavy atom. The van der Waals surface area contributed by atoms with Gasteiger partial charge >= 0.3 is 0 Å². The second kappa shape index (κ2) is 9.75. The highest BCUT2D eigenvalue weighted by Crippen LogP contribution is 2.25. The third-order valence-electron chi connectivity index (χ3n) is 3.33. The fourth-order valence-electron chi connectivity index (χ4n) is 2.15. The van der Waals surface area contributed by atoms with E-state index in [4.69, 9.17) is 7.85 Å². The van der Waals surface area contributed by atoms with E-state index in [0.29, 0.717) is 0 Å². The van der Waals surface area contributed by atoms with Gasteiger partial charge in [0.05, 0.1) is 7.85 Å². The van der Waals surface area contributed by atoms with Crippen molar-refractivity contribution in [3.63, 3.8) is 0 Å². The molecule has 0 aliphatic carbocycles. The molecule has 0 saturated carbocycles. The van der Waals surface area contributed by atoms with Crippen LogP contribution in [0.1, 0.15) is 59.8 Å². The summed E-state index contributed by atoms with van der Waals surface area (Å²) in [5, 5.41) is 0. The second-order valence-electron chi connectivity index (χ2n) is 4.33.